The number of nitrogens with zero attached hydrogens (tertiary/aromatic N) is 1. The van der Waals surface area contributed by atoms with E-state index in [1.54, 1.807) is 0 Å². The molecule has 0 spiro atoms. The minimum absolute atomic E-state index is 0.318. The summed E-state index contributed by atoms with van der Waals surface area (Å²) < 4.78 is 0. The van der Waals surface area contributed by atoms with E-state index in [1.807, 2.05) is 0 Å². The Bertz CT molecular complexity index is 193. The third-order valence-corrected chi connectivity index (χ3v) is 4.68. The van der Waals surface area contributed by atoms with E-state index >= 15 is 0 Å². The lowest BCUT2D eigenvalue weighted by Gasteiger charge is -2.43. The van der Waals surface area contributed by atoms with Crippen LogP contribution in [-0.2, 0) is 0 Å². The van der Waals surface area contributed by atoms with Crippen LogP contribution in [-0.4, -0.2) is 30.1 Å². The Balaban J connectivity index is 4.44. The van der Waals surface area contributed by atoms with Gasteiger partial charge in [-0.05, 0) is 65.1 Å². The fourth-order valence-corrected chi connectivity index (χ4v) is 2.65. The molecule has 0 aromatic heterocycles. The van der Waals surface area contributed by atoms with Gasteiger partial charge in [0.05, 0.1) is 0 Å². The molecule has 0 bridgehead atoms. The van der Waals surface area contributed by atoms with Crippen LogP contribution >= 0.6 is 0 Å². The van der Waals surface area contributed by atoms with Crippen LogP contribution in [0, 0.1) is 5.92 Å². The maximum absolute atomic E-state index is 5.60. The molecule has 0 aliphatic rings. The Labute approximate surface area is 122 Å². The number of hydrogen-bond donors (Lipinski definition) is 1. The lowest BCUT2D eigenvalue weighted by atomic mass is 9.83. The molecule has 0 aliphatic carbocycles. The van der Waals surface area contributed by atoms with Gasteiger partial charge in [-0.3, -0.25) is 4.90 Å². The van der Waals surface area contributed by atoms with Crippen LogP contribution in [0.1, 0.15) is 79.6 Å². The van der Waals surface area contributed by atoms with Crippen LogP contribution in [0.25, 0.3) is 0 Å². The first-order valence-electron chi connectivity index (χ1n) is 8.45. The summed E-state index contributed by atoms with van der Waals surface area (Å²) in [7, 11) is 0. The van der Waals surface area contributed by atoms with Gasteiger partial charge in [-0.1, -0.05) is 40.0 Å². The van der Waals surface area contributed by atoms with Crippen molar-refractivity contribution in [2.75, 3.05) is 19.6 Å². The SMILES string of the molecule is CCCCN(CCCC)C(C)(C)C(C)CCCCN. The molecule has 0 saturated heterocycles. The first kappa shape index (κ1) is 18.9. The van der Waals surface area contributed by atoms with Gasteiger partial charge in [0.25, 0.3) is 0 Å². The van der Waals surface area contributed by atoms with Gasteiger partial charge in [-0.25, -0.2) is 0 Å². The van der Waals surface area contributed by atoms with Crippen molar-refractivity contribution >= 4 is 0 Å². The Morgan fingerprint density at radius 2 is 1.47 bits per heavy atom. The molecule has 0 heterocycles. The van der Waals surface area contributed by atoms with Crippen LogP contribution in [0.2, 0.25) is 0 Å². The largest absolute Gasteiger partial charge is 0.330 e. The van der Waals surface area contributed by atoms with Crippen LogP contribution < -0.4 is 5.73 Å². The highest BCUT2D eigenvalue weighted by atomic mass is 15.2. The summed E-state index contributed by atoms with van der Waals surface area (Å²) in [6.45, 7) is 15.2. The highest BCUT2D eigenvalue weighted by Gasteiger charge is 2.31. The summed E-state index contributed by atoms with van der Waals surface area (Å²) in [5.74, 6) is 0.743. The standard InChI is InChI=1S/C17H38N2/c1-6-8-14-19(15-9-7-2)17(4,5)16(3)12-10-11-13-18/h16H,6-15,18H2,1-5H3. The molecule has 116 valence electrons. The van der Waals surface area contributed by atoms with Gasteiger partial charge in [0.15, 0.2) is 0 Å². The molecule has 0 amide bonds. The first-order chi connectivity index (χ1) is 9.00. The lowest BCUT2D eigenvalue weighted by Crippen LogP contribution is -2.49. The quantitative estimate of drug-likeness (QED) is 0.531. The van der Waals surface area contributed by atoms with Crippen molar-refractivity contribution in [2.24, 2.45) is 11.7 Å². The summed E-state index contributed by atoms with van der Waals surface area (Å²) in [5, 5.41) is 0. The van der Waals surface area contributed by atoms with Crippen molar-refractivity contribution in [3.8, 4) is 0 Å². The second-order valence-electron chi connectivity index (χ2n) is 6.53. The summed E-state index contributed by atoms with van der Waals surface area (Å²) in [4.78, 5) is 2.73. The molecule has 19 heavy (non-hydrogen) atoms. The molecule has 0 aromatic rings. The van der Waals surface area contributed by atoms with Crippen molar-refractivity contribution in [2.45, 2.75) is 85.1 Å². The Hall–Kier alpha value is -0.0800. The average Bonchev–Trinajstić information content (AvgIpc) is 2.38. The van der Waals surface area contributed by atoms with Crippen LogP contribution in [0.5, 0.6) is 0 Å². The van der Waals surface area contributed by atoms with E-state index < -0.39 is 0 Å². The van der Waals surface area contributed by atoms with Crippen LogP contribution in [0.15, 0.2) is 0 Å². The van der Waals surface area contributed by atoms with Gasteiger partial charge in [0, 0.05) is 5.54 Å². The van der Waals surface area contributed by atoms with E-state index in [-0.39, 0.29) is 0 Å². The first-order valence-corrected chi connectivity index (χ1v) is 8.45. The van der Waals surface area contributed by atoms with Gasteiger partial charge in [0.2, 0.25) is 0 Å². The second-order valence-corrected chi connectivity index (χ2v) is 6.53. The Kier molecular flexibility index (Phi) is 10.6. The van der Waals surface area contributed by atoms with Gasteiger partial charge < -0.3 is 5.73 Å². The predicted molar refractivity (Wildman–Crippen MR) is 87.5 cm³/mol. The summed E-state index contributed by atoms with van der Waals surface area (Å²) in [6.07, 6.45) is 8.98. The third kappa shape index (κ3) is 7.31. The Morgan fingerprint density at radius 1 is 0.947 bits per heavy atom. The fraction of sp³-hybridized carbons (Fsp3) is 1.00. The molecule has 0 aromatic carbocycles. The molecule has 0 rings (SSSR count). The van der Waals surface area contributed by atoms with E-state index in [2.05, 4.69) is 39.5 Å². The van der Waals surface area contributed by atoms with E-state index in [0.717, 1.165) is 12.5 Å². The van der Waals surface area contributed by atoms with Gasteiger partial charge in [0.1, 0.15) is 0 Å². The zero-order valence-electron chi connectivity index (χ0n) is 14.2. The van der Waals surface area contributed by atoms with Crippen LogP contribution in [0.4, 0.5) is 0 Å². The minimum Gasteiger partial charge on any atom is -0.330 e. The molecule has 0 radical (unpaired) electrons. The van der Waals surface area contributed by atoms with Crippen molar-refractivity contribution in [3.05, 3.63) is 0 Å². The molecule has 0 fully saturated rings. The molecule has 1 unspecified atom stereocenters. The topological polar surface area (TPSA) is 29.3 Å². The zero-order chi connectivity index (χ0) is 14.7. The van der Waals surface area contributed by atoms with Crippen molar-refractivity contribution < 1.29 is 0 Å². The lowest BCUT2D eigenvalue weighted by molar-refractivity contribution is 0.0613. The van der Waals surface area contributed by atoms with E-state index in [4.69, 9.17) is 5.73 Å². The number of unbranched alkanes of at least 4 members (excludes halogenated alkanes) is 3. The van der Waals surface area contributed by atoms with Gasteiger partial charge in [-0.2, -0.15) is 0 Å². The number of hydrogen-bond acceptors (Lipinski definition) is 2. The normalized spacial score (nSPS) is 14.1. The highest BCUT2D eigenvalue weighted by Crippen LogP contribution is 2.29. The smallest absolute Gasteiger partial charge is 0.0178 e. The van der Waals surface area contributed by atoms with Crippen LogP contribution in [0.3, 0.4) is 0 Å². The molecule has 2 N–H and O–H groups in total. The zero-order valence-corrected chi connectivity index (χ0v) is 14.2. The molecule has 2 nitrogen and oxygen atoms in total. The van der Waals surface area contributed by atoms with Crippen molar-refractivity contribution in [1.82, 2.24) is 4.90 Å². The van der Waals surface area contributed by atoms with E-state index in [9.17, 15) is 0 Å². The molecular weight excluding hydrogens is 232 g/mol. The monoisotopic (exact) mass is 270 g/mol. The van der Waals surface area contributed by atoms with Gasteiger partial charge in [-0.15, -0.1) is 0 Å². The maximum atomic E-state index is 5.60. The average molecular weight is 271 g/mol. The summed E-state index contributed by atoms with van der Waals surface area (Å²) >= 11 is 0. The molecule has 2 heteroatoms. The number of nitrogens with two attached hydrogens (primary N) is 1. The van der Waals surface area contributed by atoms with Crippen molar-refractivity contribution in [1.29, 1.82) is 0 Å². The van der Waals surface area contributed by atoms with Gasteiger partial charge >= 0.3 is 0 Å². The predicted octanol–water partition coefficient (Wildman–Crippen LogP) is 4.43. The summed E-state index contributed by atoms with van der Waals surface area (Å²) in [5.41, 5.74) is 5.92. The minimum atomic E-state index is 0.318. The van der Waals surface area contributed by atoms with E-state index in [1.165, 1.54) is 58.0 Å². The highest BCUT2D eigenvalue weighted by molar-refractivity contribution is 4.86. The maximum Gasteiger partial charge on any atom is 0.0178 e. The molecule has 0 saturated carbocycles. The molecular formula is C17H38N2. The summed E-state index contributed by atoms with van der Waals surface area (Å²) in [6, 6.07) is 0. The third-order valence-electron chi connectivity index (χ3n) is 4.68. The van der Waals surface area contributed by atoms with E-state index in [0.29, 0.717) is 5.54 Å². The Morgan fingerprint density at radius 3 is 1.89 bits per heavy atom. The molecule has 0 aliphatic heterocycles. The fourth-order valence-electron chi connectivity index (χ4n) is 2.65. The van der Waals surface area contributed by atoms with Crippen molar-refractivity contribution in [3.63, 3.8) is 0 Å². The molecule has 1 atom stereocenters. The number of rotatable bonds is 12. The second kappa shape index (κ2) is 10.7.